The maximum absolute atomic E-state index is 12.1. The molecule has 1 aliphatic rings. The molecule has 20 heavy (non-hydrogen) atoms. The van der Waals surface area contributed by atoms with E-state index in [2.05, 4.69) is 34.2 Å². The summed E-state index contributed by atoms with van der Waals surface area (Å²) in [5, 5.41) is 3.08. The lowest BCUT2D eigenvalue weighted by Gasteiger charge is -2.47. The van der Waals surface area contributed by atoms with Gasteiger partial charge in [-0.3, -0.25) is 0 Å². The zero-order chi connectivity index (χ0) is 15.0. The molecule has 0 bridgehead atoms. The zero-order valence-corrected chi connectivity index (χ0v) is 14.1. The van der Waals surface area contributed by atoms with Crippen LogP contribution in [0.2, 0.25) is 0 Å². The topological polar surface area (TPSA) is 38.3 Å². The highest BCUT2D eigenvalue weighted by Crippen LogP contribution is 2.47. The second-order valence-corrected chi connectivity index (χ2v) is 7.56. The van der Waals surface area contributed by atoms with Crippen molar-refractivity contribution in [1.82, 2.24) is 5.32 Å². The normalized spacial score (nSPS) is 25.8. The van der Waals surface area contributed by atoms with Gasteiger partial charge < -0.3 is 10.1 Å². The second-order valence-electron chi connectivity index (χ2n) is 6.70. The first-order valence-electron chi connectivity index (χ1n) is 6.98. The van der Waals surface area contributed by atoms with E-state index >= 15 is 0 Å². The van der Waals surface area contributed by atoms with Gasteiger partial charge in [-0.2, -0.15) is 0 Å². The first kappa shape index (κ1) is 15.4. The Bertz CT molecular complexity index is 501. The summed E-state index contributed by atoms with van der Waals surface area (Å²) >= 11 is 3.59. The van der Waals surface area contributed by atoms with Gasteiger partial charge in [-0.1, -0.05) is 41.1 Å². The lowest BCUT2D eigenvalue weighted by molar-refractivity contribution is 0.0296. The first-order valence-corrected chi connectivity index (χ1v) is 7.77. The summed E-state index contributed by atoms with van der Waals surface area (Å²) < 4.78 is 6.43. The fourth-order valence-electron chi connectivity index (χ4n) is 2.87. The molecule has 0 spiro atoms. The van der Waals surface area contributed by atoms with Gasteiger partial charge in [0.15, 0.2) is 0 Å². The molecule has 1 aromatic rings. The largest absolute Gasteiger partial charge is 0.444 e. The minimum absolute atomic E-state index is 0.304. The number of halogens is 1. The van der Waals surface area contributed by atoms with Gasteiger partial charge in [0.1, 0.15) is 5.60 Å². The Balaban J connectivity index is 2.20. The molecule has 1 aromatic carbocycles. The molecule has 1 saturated carbocycles. The van der Waals surface area contributed by atoms with E-state index < -0.39 is 5.60 Å². The van der Waals surface area contributed by atoms with Crippen molar-refractivity contribution in [3.05, 3.63) is 34.3 Å². The zero-order valence-electron chi connectivity index (χ0n) is 12.5. The second kappa shape index (κ2) is 5.40. The third-order valence-electron chi connectivity index (χ3n) is 3.52. The third kappa shape index (κ3) is 3.35. The monoisotopic (exact) mass is 339 g/mol. The Hall–Kier alpha value is -1.03. The summed E-state index contributed by atoms with van der Waals surface area (Å²) in [6, 6.07) is 8.06. The molecule has 0 heterocycles. The molecule has 1 N–H and O–H groups in total. The number of alkyl carbamates (subject to hydrolysis) is 1. The van der Waals surface area contributed by atoms with Gasteiger partial charge in [-0.25, -0.2) is 4.79 Å². The van der Waals surface area contributed by atoms with Gasteiger partial charge in [0.2, 0.25) is 0 Å². The van der Waals surface area contributed by atoms with Crippen molar-refractivity contribution in [2.24, 2.45) is 5.92 Å². The van der Waals surface area contributed by atoms with Crippen molar-refractivity contribution in [2.45, 2.75) is 51.7 Å². The maximum Gasteiger partial charge on any atom is 0.408 e. The van der Waals surface area contributed by atoms with Crippen LogP contribution in [0, 0.1) is 5.92 Å². The molecule has 3 nitrogen and oxygen atoms in total. The Morgan fingerprint density at radius 3 is 2.45 bits per heavy atom. The molecule has 1 amide bonds. The van der Waals surface area contributed by atoms with E-state index in [9.17, 15) is 4.79 Å². The lowest BCUT2D eigenvalue weighted by Crippen LogP contribution is -2.55. The van der Waals surface area contributed by atoms with E-state index in [0.29, 0.717) is 5.92 Å². The number of ether oxygens (including phenoxy) is 1. The van der Waals surface area contributed by atoms with Gasteiger partial charge in [0.25, 0.3) is 0 Å². The summed E-state index contributed by atoms with van der Waals surface area (Å²) in [6.07, 6.45) is 1.53. The number of benzene rings is 1. The van der Waals surface area contributed by atoms with Crippen LogP contribution in [0.1, 0.15) is 46.1 Å². The molecule has 4 heteroatoms. The number of rotatable bonds is 2. The Morgan fingerprint density at radius 1 is 1.35 bits per heavy atom. The summed E-state index contributed by atoms with van der Waals surface area (Å²) in [5.41, 5.74) is 0.347. The van der Waals surface area contributed by atoms with Crippen LogP contribution in [0.25, 0.3) is 0 Å². The van der Waals surface area contributed by atoms with Crippen molar-refractivity contribution in [1.29, 1.82) is 0 Å². The van der Waals surface area contributed by atoms with E-state index in [1.807, 2.05) is 39.0 Å². The molecule has 0 radical (unpaired) electrons. The summed E-state index contributed by atoms with van der Waals surface area (Å²) in [4.78, 5) is 12.1. The van der Waals surface area contributed by atoms with Gasteiger partial charge in [-0.15, -0.1) is 0 Å². The van der Waals surface area contributed by atoms with E-state index in [-0.39, 0.29) is 11.6 Å². The highest BCUT2D eigenvalue weighted by molar-refractivity contribution is 9.10. The van der Waals surface area contributed by atoms with Gasteiger partial charge in [-0.05, 0) is 51.2 Å². The number of carbonyl (C=O) groups excluding carboxylic acids is 1. The van der Waals surface area contributed by atoms with Crippen LogP contribution in [0.5, 0.6) is 0 Å². The summed E-state index contributed by atoms with van der Waals surface area (Å²) in [5.74, 6) is 0.608. The average Bonchev–Trinajstić information content (AvgIpc) is 2.24. The van der Waals surface area contributed by atoms with Crippen LogP contribution in [0.15, 0.2) is 28.7 Å². The molecular formula is C16H22BrNO2. The van der Waals surface area contributed by atoms with E-state index in [4.69, 9.17) is 4.74 Å². The Labute approximate surface area is 129 Å². The molecule has 0 aliphatic heterocycles. The molecule has 0 saturated heterocycles. The van der Waals surface area contributed by atoms with Crippen LogP contribution < -0.4 is 5.32 Å². The number of nitrogens with one attached hydrogen (secondary N) is 1. The van der Waals surface area contributed by atoms with Gasteiger partial charge >= 0.3 is 6.09 Å². The lowest BCUT2D eigenvalue weighted by atomic mass is 9.65. The number of amides is 1. The SMILES string of the molecule is CC1CC(NC(=O)OC(C)(C)C)(c2ccccc2Br)C1. The standard InChI is InChI=1S/C16H22BrNO2/c1-11-9-16(10-11,12-7-5-6-8-13(12)17)18-14(19)20-15(2,3)4/h5-8,11H,9-10H2,1-4H3,(H,18,19). The first-order chi connectivity index (χ1) is 9.22. The van der Waals surface area contributed by atoms with Crippen LogP contribution in [-0.2, 0) is 10.3 Å². The number of carbonyl (C=O) groups is 1. The van der Waals surface area contributed by atoms with Crippen LogP contribution in [0.4, 0.5) is 4.79 Å². The van der Waals surface area contributed by atoms with Crippen molar-refractivity contribution < 1.29 is 9.53 Å². The van der Waals surface area contributed by atoms with Gasteiger partial charge in [0.05, 0.1) is 5.54 Å². The molecule has 1 fully saturated rings. The minimum atomic E-state index is -0.478. The molecule has 0 atom stereocenters. The smallest absolute Gasteiger partial charge is 0.408 e. The molecule has 1 aliphatic carbocycles. The highest BCUT2D eigenvalue weighted by Gasteiger charge is 2.46. The summed E-state index contributed by atoms with van der Waals surface area (Å²) in [7, 11) is 0. The average molecular weight is 340 g/mol. The van der Waals surface area contributed by atoms with Crippen molar-refractivity contribution in [2.75, 3.05) is 0 Å². The van der Waals surface area contributed by atoms with Crippen molar-refractivity contribution in [3.63, 3.8) is 0 Å². The van der Waals surface area contributed by atoms with Crippen molar-refractivity contribution >= 4 is 22.0 Å². The highest BCUT2D eigenvalue weighted by atomic mass is 79.9. The molecule has 110 valence electrons. The van der Waals surface area contributed by atoms with Crippen molar-refractivity contribution in [3.8, 4) is 0 Å². The summed E-state index contributed by atoms with van der Waals surface area (Å²) in [6.45, 7) is 7.83. The molecule has 2 rings (SSSR count). The quantitative estimate of drug-likeness (QED) is 0.854. The molecule has 0 unspecified atom stereocenters. The van der Waals surface area contributed by atoms with E-state index in [0.717, 1.165) is 22.9 Å². The predicted octanol–water partition coefficient (Wildman–Crippen LogP) is 4.60. The Kier molecular flexibility index (Phi) is 4.14. The molecular weight excluding hydrogens is 318 g/mol. The number of hydrogen-bond donors (Lipinski definition) is 1. The molecule has 0 aromatic heterocycles. The fraction of sp³-hybridized carbons (Fsp3) is 0.562. The minimum Gasteiger partial charge on any atom is -0.444 e. The Morgan fingerprint density at radius 2 is 1.95 bits per heavy atom. The maximum atomic E-state index is 12.1. The third-order valence-corrected chi connectivity index (χ3v) is 4.21. The van der Waals surface area contributed by atoms with Crippen LogP contribution in [-0.4, -0.2) is 11.7 Å². The fourth-order valence-corrected chi connectivity index (χ4v) is 3.53. The van der Waals surface area contributed by atoms with E-state index in [1.165, 1.54) is 0 Å². The number of hydrogen-bond acceptors (Lipinski definition) is 2. The van der Waals surface area contributed by atoms with Gasteiger partial charge in [0, 0.05) is 4.47 Å². The van der Waals surface area contributed by atoms with Crippen LogP contribution >= 0.6 is 15.9 Å². The van der Waals surface area contributed by atoms with E-state index in [1.54, 1.807) is 0 Å². The van der Waals surface area contributed by atoms with Crippen LogP contribution in [0.3, 0.4) is 0 Å². The predicted molar refractivity (Wildman–Crippen MR) is 83.6 cm³/mol.